The minimum Gasteiger partial charge on any atom is -0.395 e. The average molecular weight is 289 g/mol. The molecule has 2 aliphatic rings. The number of hydrogen-bond acceptors (Lipinski definition) is 2. The van der Waals surface area contributed by atoms with Gasteiger partial charge >= 0.3 is 6.18 Å². The van der Waals surface area contributed by atoms with E-state index in [2.05, 4.69) is 5.32 Å². The average Bonchev–Trinajstić information content (AvgIpc) is 3.19. The molecule has 0 amide bonds. The monoisotopic (exact) mass is 289 g/mol. The summed E-state index contributed by atoms with van der Waals surface area (Å²) in [5, 5.41) is 12.7. The van der Waals surface area contributed by atoms with Crippen LogP contribution in [0.5, 0.6) is 0 Å². The van der Waals surface area contributed by atoms with E-state index < -0.39 is 17.6 Å². The molecule has 20 heavy (non-hydrogen) atoms. The second-order valence-electron chi connectivity index (χ2n) is 6.01. The van der Waals surface area contributed by atoms with Crippen molar-refractivity contribution in [2.45, 2.75) is 56.8 Å². The zero-order chi connectivity index (χ0) is 14.9. The van der Waals surface area contributed by atoms with E-state index in [0.29, 0.717) is 0 Å². The molecule has 0 spiro atoms. The zero-order valence-electron chi connectivity index (χ0n) is 11.7. The van der Waals surface area contributed by atoms with Gasteiger partial charge in [0, 0.05) is 11.6 Å². The Labute approximate surface area is 117 Å². The molecule has 0 heterocycles. The molecule has 0 aromatic carbocycles. The Kier molecular flexibility index (Phi) is 4.30. The molecule has 0 saturated heterocycles. The van der Waals surface area contributed by atoms with Crippen LogP contribution in [0.15, 0.2) is 24.3 Å². The summed E-state index contributed by atoms with van der Waals surface area (Å²) in [5.41, 5.74) is -1.90. The molecular formula is C15H22F3NO. The summed E-state index contributed by atoms with van der Waals surface area (Å²) in [6.07, 6.45) is 5.53. The Morgan fingerprint density at radius 2 is 2.00 bits per heavy atom. The molecular weight excluding hydrogens is 267 g/mol. The summed E-state index contributed by atoms with van der Waals surface area (Å²) in [7, 11) is 0. The molecule has 0 aromatic heterocycles. The molecule has 1 saturated carbocycles. The standard InChI is InChI=1S/C15H22F3NO/c1-2-14(6-4-3-5-7-14)19-12(11-20)10-13(8-9-13)15(16,17)18/h3-6,12,19-20H,2,7-11H2,1H3/t12?,14-/m0/s1. The van der Waals surface area contributed by atoms with E-state index in [1.165, 1.54) is 0 Å². The van der Waals surface area contributed by atoms with Gasteiger partial charge in [-0.05, 0) is 32.1 Å². The van der Waals surface area contributed by atoms with Crippen LogP contribution < -0.4 is 5.32 Å². The van der Waals surface area contributed by atoms with Crippen molar-refractivity contribution in [3.63, 3.8) is 0 Å². The smallest absolute Gasteiger partial charge is 0.394 e. The molecule has 0 bridgehead atoms. The molecule has 1 fully saturated rings. The van der Waals surface area contributed by atoms with E-state index in [4.69, 9.17) is 0 Å². The lowest BCUT2D eigenvalue weighted by atomic mass is 9.86. The van der Waals surface area contributed by atoms with E-state index in [-0.39, 0.29) is 31.4 Å². The van der Waals surface area contributed by atoms with Gasteiger partial charge in [0.2, 0.25) is 0 Å². The lowest BCUT2D eigenvalue weighted by Crippen LogP contribution is -2.51. The van der Waals surface area contributed by atoms with Gasteiger partial charge in [-0.3, -0.25) is 0 Å². The predicted octanol–water partition coefficient (Wildman–Crippen LogP) is 3.33. The van der Waals surface area contributed by atoms with Crippen molar-refractivity contribution >= 4 is 0 Å². The van der Waals surface area contributed by atoms with Gasteiger partial charge in [-0.25, -0.2) is 0 Å². The van der Waals surface area contributed by atoms with Gasteiger partial charge in [0.15, 0.2) is 0 Å². The highest BCUT2D eigenvalue weighted by Crippen LogP contribution is 2.60. The van der Waals surface area contributed by atoms with Gasteiger partial charge in [0.25, 0.3) is 0 Å². The Morgan fingerprint density at radius 3 is 2.40 bits per heavy atom. The molecule has 2 N–H and O–H groups in total. The Balaban J connectivity index is 2.03. The first kappa shape index (κ1) is 15.6. The fourth-order valence-corrected chi connectivity index (χ4v) is 2.93. The van der Waals surface area contributed by atoms with E-state index in [0.717, 1.165) is 12.8 Å². The third-order valence-corrected chi connectivity index (χ3v) is 4.58. The second-order valence-corrected chi connectivity index (χ2v) is 6.01. The SMILES string of the molecule is CC[C@]1(NC(CO)CC2(C(F)(F)F)CC2)C=CC=CC1. The molecule has 2 nitrogen and oxygen atoms in total. The van der Waals surface area contributed by atoms with Crippen LogP contribution in [0, 0.1) is 5.41 Å². The van der Waals surface area contributed by atoms with Gasteiger partial charge in [0.1, 0.15) is 0 Å². The number of nitrogens with one attached hydrogen (secondary N) is 1. The summed E-state index contributed by atoms with van der Waals surface area (Å²) in [6.45, 7) is 1.73. The van der Waals surface area contributed by atoms with Crippen LogP contribution in [0.4, 0.5) is 13.2 Å². The van der Waals surface area contributed by atoms with Gasteiger partial charge in [-0.1, -0.05) is 31.2 Å². The number of aliphatic hydroxyl groups excluding tert-OH is 1. The number of halogens is 3. The number of allylic oxidation sites excluding steroid dienone is 2. The molecule has 0 aliphatic heterocycles. The van der Waals surface area contributed by atoms with Gasteiger partial charge in [-0.15, -0.1) is 0 Å². The topological polar surface area (TPSA) is 32.3 Å². The molecule has 0 aromatic rings. The number of aliphatic hydroxyl groups is 1. The zero-order valence-corrected chi connectivity index (χ0v) is 11.7. The molecule has 114 valence electrons. The van der Waals surface area contributed by atoms with Crippen molar-refractivity contribution < 1.29 is 18.3 Å². The van der Waals surface area contributed by atoms with E-state index in [1.54, 1.807) is 0 Å². The number of hydrogen-bond donors (Lipinski definition) is 2. The quantitative estimate of drug-likeness (QED) is 0.786. The van der Waals surface area contributed by atoms with Crippen molar-refractivity contribution in [2.24, 2.45) is 5.41 Å². The summed E-state index contributed by atoms with van der Waals surface area (Å²) < 4.78 is 39.0. The molecule has 5 heteroatoms. The van der Waals surface area contributed by atoms with Crippen LogP contribution in [0.1, 0.15) is 39.0 Å². The summed E-state index contributed by atoms with van der Waals surface area (Å²) in [6, 6.07) is -0.518. The summed E-state index contributed by atoms with van der Waals surface area (Å²) >= 11 is 0. The van der Waals surface area contributed by atoms with E-state index in [1.807, 2.05) is 31.2 Å². The Morgan fingerprint density at radius 1 is 1.30 bits per heavy atom. The minimum atomic E-state index is -4.16. The van der Waals surface area contributed by atoms with Crippen LogP contribution in [-0.2, 0) is 0 Å². The molecule has 2 rings (SSSR count). The van der Waals surface area contributed by atoms with Crippen molar-refractivity contribution in [1.82, 2.24) is 5.32 Å². The van der Waals surface area contributed by atoms with Gasteiger partial charge in [0.05, 0.1) is 12.0 Å². The molecule has 2 aliphatic carbocycles. The Hall–Kier alpha value is -0.810. The largest absolute Gasteiger partial charge is 0.395 e. The molecule has 2 atom stereocenters. The van der Waals surface area contributed by atoms with Crippen LogP contribution in [0.25, 0.3) is 0 Å². The molecule has 0 radical (unpaired) electrons. The van der Waals surface area contributed by atoms with Crippen molar-refractivity contribution in [3.05, 3.63) is 24.3 Å². The fraction of sp³-hybridized carbons (Fsp3) is 0.733. The third-order valence-electron chi connectivity index (χ3n) is 4.58. The van der Waals surface area contributed by atoms with E-state index >= 15 is 0 Å². The summed E-state index contributed by atoms with van der Waals surface area (Å²) in [4.78, 5) is 0. The van der Waals surface area contributed by atoms with Crippen molar-refractivity contribution in [2.75, 3.05) is 6.61 Å². The molecule has 1 unspecified atom stereocenters. The van der Waals surface area contributed by atoms with E-state index in [9.17, 15) is 18.3 Å². The van der Waals surface area contributed by atoms with Crippen LogP contribution in [0.3, 0.4) is 0 Å². The van der Waals surface area contributed by atoms with Crippen molar-refractivity contribution in [1.29, 1.82) is 0 Å². The minimum absolute atomic E-state index is 0.0354. The number of rotatable bonds is 6. The first-order valence-electron chi connectivity index (χ1n) is 7.16. The van der Waals surface area contributed by atoms with Gasteiger partial charge < -0.3 is 10.4 Å². The van der Waals surface area contributed by atoms with Crippen molar-refractivity contribution in [3.8, 4) is 0 Å². The van der Waals surface area contributed by atoms with Crippen LogP contribution in [0.2, 0.25) is 0 Å². The maximum Gasteiger partial charge on any atom is 0.394 e. The second kappa shape index (κ2) is 5.53. The first-order valence-corrected chi connectivity index (χ1v) is 7.16. The van der Waals surface area contributed by atoms with Crippen LogP contribution in [-0.4, -0.2) is 29.5 Å². The Bertz CT molecular complexity index is 398. The normalized spacial score (nSPS) is 29.4. The highest BCUT2D eigenvalue weighted by atomic mass is 19.4. The summed E-state index contributed by atoms with van der Waals surface area (Å²) in [5.74, 6) is 0. The maximum absolute atomic E-state index is 13.0. The maximum atomic E-state index is 13.0. The van der Waals surface area contributed by atoms with Gasteiger partial charge in [-0.2, -0.15) is 13.2 Å². The van der Waals surface area contributed by atoms with Crippen LogP contribution >= 0.6 is 0 Å². The highest BCUT2D eigenvalue weighted by molar-refractivity contribution is 5.21. The first-order chi connectivity index (χ1) is 9.36. The third kappa shape index (κ3) is 3.09. The lowest BCUT2D eigenvalue weighted by Gasteiger charge is -2.37. The highest BCUT2D eigenvalue weighted by Gasteiger charge is 2.63. The lowest BCUT2D eigenvalue weighted by molar-refractivity contribution is -0.191. The predicted molar refractivity (Wildman–Crippen MR) is 72.3 cm³/mol. The number of alkyl halides is 3. The fourth-order valence-electron chi connectivity index (χ4n) is 2.93.